The molecule has 5 rings (SSSR count). The van der Waals surface area contributed by atoms with E-state index in [1.165, 1.54) is 0 Å². The Labute approximate surface area is 189 Å². The number of carbonyl (C=O) groups is 1. The van der Waals surface area contributed by atoms with Crippen LogP contribution in [0.25, 0.3) is 22.1 Å². The van der Waals surface area contributed by atoms with E-state index < -0.39 is 0 Å². The van der Waals surface area contributed by atoms with Gasteiger partial charge in [-0.15, -0.1) is 16.4 Å². The SMILES string of the molecule is Cc1nn(-c2ccccc2)c(C)c1NC(=O)c1nc(-c2cccs2)n(-c2ccccc2)n1. The summed E-state index contributed by atoms with van der Waals surface area (Å²) in [5.41, 5.74) is 3.99. The molecule has 0 spiro atoms. The number of rotatable bonds is 5. The van der Waals surface area contributed by atoms with Crippen molar-refractivity contribution in [3.05, 3.63) is 95.4 Å². The van der Waals surface area contributed by atoms with Gasteiger partial charge in [0.1, 0.15) is 0 Å². The number of aryl methyl sites for hydroxylation is 1. The van der Waals surface area contributed by atoms with Crippen LogP contribution in [0.4, 0.5) is 5.69 Å². The van der Waals surface area contributed by atoms with Crippen molar-refractivity contribution in [2.24, 2.45) is 0 Å². The minimum Gasteiger partial charge on any atom is -0.316 e. The van der Waals surface area contributed by atoms with E-state index in [4.69, 9.17) is 0 Å². The number of nitrogens with zero attached hydrogens (tertiary/aromatic N) is 5. The van der Waals surface area contributed by atoms with Crippen molar-refractivity contribution in [3.8, 4) is 22.1 Å². The number of hydrogen-bond donors (Lipinski definition) is 1. The molecule has 0 saturated carbocycles. The largest absolute Gasteiger partial charge is 0.316 e. The lowest BCUT2D eigenvalue weighted by molar-refractivity contribution is 0.101. The van der Waals surface area contributed by atoms with Gasteiger partial charge < -0.3 is 5.32 Å². The lowest BCUT2D eigenvalue weighted by Crippen LogP contribution is -2.15. The summed E-state index contributed by atoms with van der Waals surface area (Å²) >= 11 is 1.55. The van der Waals surface area contributed by atoms with Gasteiger partial charge in [0.15, 0.2) is 5.82 Å². The maximum atomic E-state index is 13.1. The Hall–Kier alpha value is -4.04. The molecule has 2 aromatic carbocycles. The maximum absolute atomic E-state index is 13.1. The van der Waals surface area contributed by atoms with E-state index in [0.717, 1.165) is 27.6 Å². The molecule has 1 N–H and O–H groups in total. The second-order valence-corrected chi connectivity index (χ2v) is 8.18. The molecule has 0 aliphatic rings. The van der Waals surface area contributed by atoms with Crippen molar-refractivity contribution in [1.82, 2.24) is 24.5 Å². The lowest BCUT2D eigenvalue weighted by atomic mass is 10.3. The van der Waals surface area contributed by atoms with Crippen LogP contribution in [0.5, 0.6) is 0 Å². The summed E-state index contributed by atoms with van der Waals surface area (Å²) in [6, 6.07) is 23.4. The fourth-order valence-corrected chi connectivity index (χ4v) is 4.23. The average Bonchev–Trinajstić information content (AvgIpc) is 3.56. The van der Waals surface area contributed by atoms with Crippen LogP contribution < -0.4 is 5.32 Å². The molecule has 0 unspecified atom stereocenters. The molecular formula is C24H20N6OS. The Morgan fingerprint density at radius 1 is 0.844 bits per heavy atom. The van der Waals surface area contributed by atoms with Gasteiger partial charge in [-0.3, -0.25) is 4.79 Å². The van der Waals surface area contributed by atoms with Crippen LogP contribution in [0.15, 0.2) is 78.2 Å². The predicted octanol–water partition coefficient (Wildman–Crippen LogP) is 5.05. The normalized spacial score (nSPS) is 10.9. The highest BCUT2D eigenvalue weighted by Crippen LogP contribution is 2.27. The fraction of sp³-hybridized carbons (Fsp3) is 0.0833. The minimum absolute atomic E-state index is 0.100. The number of benzene rings is 2. The number of anilines is 1. The maximum Gasteiger partial charge on any atom is 0.295 e. The van der Waals surface area contributed by atoms with Gasteiger partial charge >= 0.3 is 0 Å². The van der Waals surface area contributed by atoms with E-state index >= 15 is 0 Å². The summed E-state index contributed by atoms with van der Waals surface area (Å²) in [6.07, 6.45) is 0. The van der Waals surface area contributed by atoms with Crippen molar-refractivity contribution in [1.29, 1.82) is 0 Å². The molecule has 3 aromatic heterocycles. The molecule has 32 heavy (non-hydrogen) atoms. The first-order valence-corrected chi connectivity index (χ1v) is 11.0. The first-order valence-electron chi connectivity index (χ1n) is 10.1. The van der Waals surface area contributed by atoms with Crippen LogP contribution in [0.3, 0.4) is 0 Å². The first-order chi connectivity index (χ1) is 15.6. The van der Waals surface area contributed by atoms with Crippen LogP contribution in [0.2, 0.25) is 0 Å². The van der Waals surface area contributed by atoms with E-state index in [-0.39, 0.29) is 11.7 Å². The third-order valence-electron chi connectivity index (χ3n) is 5.08. The van der Waals surface area contributed by atoms with Crippen molar-refractivity contribution in [3.63, 3.8) is 0 Å². The van der Waals surface area contributed by atoms with Gasteiger partial charge in [-0.25, -0.2) is 14.3 Å². The molecule has 8 heteroatoms. The Morgan fingerprint density at radius 2 is 1.50 bits per heavy atom. The number of carbonyl (C=O) groups excluding carboxylic acids is 1. The van der Waals surface area contributed by atoms with Crippen LogP contribution >= 0.6 is 11.3 Å². The zero-order valence-electron chi connectivity index (χ0n) is 17.6. The van der Waals surface area contributed by atoms with Crippen molar-refractivity contribution in [2.45, 2.75) is 13.8 Å². The number of amides is 1. The van der Waals surface area contributed by atoms with Crippen LogP contribution in [-0.4, -0.2) is 30.5 Å². The summed E-state index contributed by atoms with van der Waals surface area (Å²) in [6.45, 7) is 3.80. The Balaban J connectivity index is 1.50. The zero-order valence-corrected chi connectivity index (χ0v) is 18.4. The molecule has 0 atom stereocenters. The van der Waals surface area contributed by atoms with Crippen LogP contribution in [0, 0.1) is 13.8 Å². The highest BCUT2D eigenvalue weighted by molar-refractivity contribution is 7.13. The van der Waals surface area contributed by atoms with E-state index in [0.29, 0.717) is 11.5 Å². The van der Waals surface area contributed by atoms with Gasteiger partial charge in [0, 0.05) is 0 Å². The molecule has 1 amide bonds. The summed E-state index contributed by atoms with van der Waals surface area (Å²) in [7, 11) is 0. The zero-order chi connectivity index (χ0) is 22.1. The summed E-state index contributed by atoms with van der Waals surface area (Å²) in [5, 5.41) is 14.1. The third kappa shape index (κ3) is 3.61. The molecule has 158 valence electrons. The Kier molecular flexibility index (Phi) is 5.12. The minimum atomic E-state index is -0.378. The number of hydrogen-bond acceptors (Lipinski definition) is 5. The highest BCUT2D eigenvalue weighted by Gasteiger charge is 2.22. The number of aromatic nitrogens is 5. The summed E-state index contributed by atoms with van der Waals surface area (Å²) in [5.74, 6) is 0.351. The van der Waals surface area contributed by atoms with E-state index in [2.05, 4.69) is 20.5 Å². The quantitative estimate of drug-likeness (QED) is 0.415. The number of para-hydroxylation sites is 2. The standard InChI is InChI=1S/C24H20N6OS/c1-16-21(17(2)29(27-16)18-10-5-3-6-11-18)25-24(31)22-26-23(20-14-9-15-32-20)30(28-22)19-12-7-4-8-13-19/h3-15H,1-2H3,(H,25,31). The lowest BCUT2D eigenvalue weighted by Gasteiger charge is -2.05. The molecule has 5 aromatic rings. The molecule has 0 fully saturated rings. The van der Waals surface area contributed by atoms with Crippen molar-refractivity contribution >= 4 is 22.9 Å². The molecule has 0 aliphatic carbocycles. The smallest absolute Gasteiger partial charge is 0.295 e. The van der Waals surface area contributed by atoms with Crippen LogP contribution in [-0.2, 0) is 0 Å². The molecule has 0 bridgehead atoms. The Bertz CT molecular complexity index is 1370. The molecule has 0 radical (unpaired) electrons. The molecular weight excluding hydrogens is 420 g/mol. The average molecular weight is 441 g/mol. The molecule has 3 heterocycles. The fourth-order valence-electron chi connectivity index (χ4n) is 3.54. The highest BCUT2D eigenvalue weighted by atomic mass is 32.1. The number of nitrogens with one attached hydrogen (secondary N) is 1. The Morgan fingerprint density at radius 3 is 2.12 bits per heavy atom. The molecule has 0 saturated heterocycles. The van der Waals surface area contributed by atoms with E-state index in [1.807, 2.05) is 96.7 Å². The summed E-state index contributed by atoms with van der Waals surface area (Å²) < 4.78 is 3.52. The predicted molar refractivity (Wildman–Crippen MR) is 126 cm³/mol. The van der Waals surface area contributed by atoms with Gasteiger partial charge in [-0.1, -0.05) is 42.5 Å². The molecule has 0 aliphatic heterocycles. The van der Waals surface area contributed by atoms with Crippen molar-refractivity contribution < 1.29 is 4.79 Å². The van der Waals surface area contributed by atoms with Gasteiger partial charge in [-0.2, -0.15) is 5.10 Å². The van der Waals surface area contributed by atoms with Crippen LogP contribution in [0.1, 0.15) is 22.0 Å². The second kappa shape index (κ2) is 8.24. The van der Waals surface area contributed by atoms with Crippen molar-refractivity contribution in [2.75, 3.05) is 5.32 Å². The van der Waals surface area contributed by atoms with Gasteiger partial charge in [0.05, 0.1) is 33.3 Å². The molecule has 7 nitrogen and oxygen atoms in total. The van der Waals surface area contributed by atoms with Gasteiger partial charge in [0.25, 0.3) is 5.91 Å². The summed E-state index contributed by atoms with van der Waals surface area (Å²) in [4.78, 5) is 18.7. The van der Waals surface area contributed by atoms with E-state index in [9.17, 15) is 4.79 Å². The topological polar surface area (TPSA) is 77.6 Å². The monoisotopic (exact) mass is 440 g/mol. The first kappa shape index (κ1) is 19.9. The number of thiophene rings is 1. The van der Waals surface area contributed by atoms with Gasteiger partial charge in [0.2, 0.25) is 5.82 Å². The second-order valence-electron chi connectivity index (χ2n) is 7.23. The van der Waals surface area contributed by atoms with E-state index in [1.54, 1.807) is 16.0 Å². The van der Waals surface area contributed by atoms with Gasteiger partial charge in [-0.05, 0) is 49.6 Å². The third-order valence-corrected chi connectivity index (χ3v) is 5.95.